The van der Waals surface area contributed by atoms with Crippen molar-refractivity contribution in [1.82, 2.24) is 10.2 Å². The van der Waals surface area contributed by atoms with E-state index in [1.165, 1.54) is 4.90 Å². The fourth-order valence-electron chi connectivity index (χ4n) is 0.239. The molecule has 5 N–H and O–H groups in total. The van der Waals surface area contributed by atoms with Crippen LogP contribution >= 0.6 is 0 Å². The minimum atomic E-state index is -0.214. The van der Waals surface area contributed by atoms with Gasteiger partial charge in [0.15, 0.2) is 11.9 Å². The molecule has 0 amide bonds. The Kier molecular flexibility index (Phi) is 6.43. The SMILES string of the molecule is CN(C)C(=N)NC(=N)N.[Ag]. The Bertz CT molecular complexity index is 132. The zero-order chi connectivity index (χ0) is 7.44. The van der Waals surface area contributed by atoms with Crippen molar-refractivity contribution >= 4 is 11.9 Å². The Morgan fingerprint density at radius 2 is 1.80 bits per heavy atom. The molecule has 0 aliphatic carbocycles. The van der Waals surface area contributed by atoms with Gasteiger partial charge < -0.3 is 10.6 Å². The third-order valence-corrected chi connectivity index (χ3v) is 0.700. The molecule has 6 heteroatoms. The zero-order valence-corrected chi connectivity index (χ0v) is 7.31. The Balaban J connectivity index is 0. The second-order valence-corrected chi connectivity index (χ2v) is 1.78. The van der Waals surface area contributed by atoms with E-state index in [0.717, 1.165) is 0 Å². The van der Waals surface area contributed by atoms with Crippen LogP contribution in [0.1, 0.15) is 0 Å². The van der Waals surface area contributed by atoms with Gasteiger partial charge in [0.1, 0.15) is 0 Å². The molecule has 0 aromatic heterocycles. The van der Waals surface area contributed by atoms with Crippen LogP contribution in [0.2, 0.25) is 0 Å². The Labute approximate surface area is 75.5 Å². The van der Waals surface area contributed by atoms with Gasteiger partial charge in [-0.05, 0) is 0 Å². The van der Waals surface area contributed by atoms with Crippen molar-refractivity contribution in [2.45, 2.75) is 0 Å². The van der Waals surface area contributed by atoms with Crippen molar-refractivity contribution < 1.29 is 22.4 Å². The summed E-state index contributed by atoms with van der Waals surface area (Å²) >= 11 is 0. The fraction of sp³-hybridized carbons (Fsp3) is 0.500. The summed E-state index contributed by atoms with van der Waals surface area (Å²) in [5.41, 5.74) is 4.94. The minimum Gasteiger partial charge on any atom is -0.370 e. The molecule has 0 spiro atoms. The summed E-state index contributed by atoms with van der Waals surface area (Å²) in [6.07, 6.45) is 0. The van der Waals surface area contributed by atoms with Gasteiger partial charge in [0.05, 0.1) is 0 Å². The average molecular weight is 237 g/mol. The van der Waals surface area contributed by atoms with Crippen molar-refractivity contribution in [2.24, 2.45) is 5.73 Å². The number of nitrogens with one attached hydrogen (secondary N) is 3. The first-order valence-corrected chi connectivity index (χ1v) is 2.41. The van der Waals surface area contributed by atoms with E-state index in [1.807, 2.05) is 0 Å². The van der Waals surface area contributed by atoms with Crippen molar-refractivity contribution in [2.75, 3.05) is 14.1 Å². The fourth-order valence-corrected chi connectivity index (χ4v) is 0.239. The number of nitrogens with two attached hydrogens (primary N) is 1. The van der Waals surface area contributed by atoms with Crippen LogP contribution in [0.15, 0.2) is 0 Å². The third-order valence-electron chi connectivity index (χ3n) is 0.700. The van der Waals surface area contributed by atoms with Crippen LogP contribution in [0.25, 0.3) is 0 Å². The van der Waals surface area contributed by atoms with Crippen LogP contribution in [0.3, 0.4) is 0 Å². The van der Waals surface area contributed by atoms with E-state index in [2.05, 4.69) is 5.32 Å². The second-order valence-electron chi connectivity index (χ2n) is 1.78. The van der Waals surface area contributed by atoms with Gasteiger partial charge >= 0.3 is 0 Å². The number of nitrogens with zero attached hydrogens (tertiary/aromatic N) is 1. The number of guanidine groups is 2. The van der Waals surface area contributed by atoms with Crippen LogP contribution in [-0.4, -0.2) is 30.9 Å². The van der Waals surface area contributed by atoms with E-state index in [1.54, 1.807) is 14.1 Å². The standard InChI is InChI=1S/C4H11N5.Ag/c1-9(2)4(7)8-3(5)6;/h1-2H3,(H5,5,6,7,8);. The maximum absolute atomic E-state index is 7.07. The average Bonchev–Trinajstić information content (AvgIpc) is 1.63. The van der Waals surface area contributed by atoms with E-state index >= 15 is 0 Å². The van der Waals surface area contributed by atoms with Crippen molar-refractivity contribution in [1.29, 1.82) is 10.8 Å². The first-order valence-electron chi connectivity index (χ1n) is 2.41. The molecule has 5 nitrogen and oxygen atoms in total. The maximum Gasteiger partial charge on any atom is 0.197 e. The summed E-state index contributed by atoms with van der Waals surface area (Å²) < 4.78 is 0. The molecule has 0 fully saturated rings. The van der Waals surface area contributed by atoms with E-state index in [0.29, 0.717) is 0 Å². The molecule has 0 bridgehead atoms. The smallest absolute Gasteiger partial charge is 0.197 e. The molecular weight excluding hydrogens is 226 g/mol. The van der Waals surface area contributed by atoms with E-state index < -0.39 is 0 Å². The van der Waals surface area contributed by atoms with Gasteiger partial charge in [-0.1, -0.05) is 0 Å². The Hall–Kier alpha value is -0.520. The molecule has 0 atom stereocenters. The molecule has 0 aliphatic rings. The summed E-state index contributed by atoms with van der Waals surface area (Å²) in [6, 6.07) is 0. The molecule has 0 aromatic carbocycles. The number of hydrogen-bond acceptors (Lipinski definition) is 2. The molecule has 0 heterocycles. The van der Waals surface area contributed by atoms with Crippen LogP contribution in [0.5, 0.6) is 0 Å². The third kappa shape index (κ3) is 5.61. The van der Waals surface area contributed by atoms with E-state index in [9.17, 15) is 0 Å². The number of rotatable bonds is 0. The van der Waals surface area contributed by atoms with Crippen molar-refractivity contribution in [3.63, 3.8) is 0 Å². The van der Waals surface area contributed by atoms with Crippen LogP contribution in [0, 0.1) is 10.8 Å². The predicted octanol–water partition coefficient (Wildman–Crippen LogP) is -1.04. The van der Waals surface area contributed by atoms with E-state index in [4.69, 9.17) is 16.6 Å². The predicted molar refractivity (Wildman–Crippen MR) is 36.5 cm³/mol. The largest absolute Gasteiger partial charge is 0.370 e. The van der Waals surface area contributed by atoms with Gasteiger partial charge in [0.25, 0.3) is 0 Å². The molecule has 0 unspecified atom stereocenters. The summed E-state index contributed by atoms with van der Waals surface area (Å²) in [4.78, 5) is 1.52. The van der Waals surface area contributed by atoms with Gasteiger partial charge in [0.2, 0.25) is 0 Å². The first-order chi connectivity index (χ1) is 4.04. The topological polar surface area (TPSA) is 89.0 Å². The molecule has 63 valence electrons. The van der Waals surface area contributed by atoms with Gasteiger partial charge in [-0.25, -0.2) is 0 Å². The Morgan fingerprint density at radius 1 is 1.40 bits per heavy atom. The van der Waals surface area contributed by atoms with Crippen molar-refractivity contribution in [3.05, 3.63) is 0 Å². The number of hydrogen-bond donors (Lipinski definition) is 4. The molecule has 0 rings (SSSR count). The summed E-state index contributed by atoms with van der Waals surface area (Å²) in [5.74, 6) is -0.101. The first kappa shape index (κ1) is 12.2. The monoisotopic (exact) mass is 236 g/mol. The Morgan fingerprint density at radius 3 is 1.90 bits per heavy atom. The van der Waals surface area contributed by atoms with Crippen LogP contribution in [0.4, 0.5) is 0 Å². The summed E-state index contributed by atoms with van der Waals surface area (Å²) in [6.45, 7) is 0. The zero-order valence-electron chi connectivity index (χ0n) is 5.83. The minimum absolute atomic E-state index is 0. The van der Waals surface area contributed by atoms with Crippen LogP contribution < -0.4 is 11.1 Å². The maximum atomic E-state index is 7.07. The van der Waals surface area contributed by atoms with Gasteiger partial charge in [0, 0.05) is 36.5 Å². The van der Waals surface area contributed by atoms with Crippen molar-refractivity contribution in [3.8, 4) is 0 Å². The molecule has 0 aliphatic heterocycles. The molecule has 0 aromatic rings. The van der Waals surface area contributed by atoms with Gasteiger partial charge in [-0.15, -0.1) is 0 Å². The normalized spacial score (nSPS) is 7.40. The molecule has 1 radical (unpaired) electrons. The van der Waals surface area contributed by atoms with E-state index in [-0.39, 0.29) is 34.3 Å². The molecule has 0 saturated carbocycles. The van der Waals surface area contributed by atoms with Crippen LogP contribution in [-0.2, 0) is 22.4 Å². The quantitative estimate of drug-likeness (QED) is 0.246. The second kappa shape index (κ2) is 5.28. The summed E-state index contributed by atoms with van der Waals surface area (Å²) in [7, 11) is 3.39. The molecule has 0 saturated heterocycles. The summed E-state index contributed by atoms with van der Waals surface area (Å²) in [5, 5.41) is 16.1. The van der Waals surface area contributed by atoms with Gasteiger partial charge in [-0.3, -0.25) is 16.1 Å². The molecule has 10 heavy (non-hydrogen) atoms. The van der Waals surface area contributed by atoms with Gasteiger partial charge in [-0.2, -0.15) is 0 Å². The molecular formula is C4H11AgN5.